The van der Waals surface area contributed by atoms with Crippen molar-refractivity contribution < 1.29 is 19.5 Å². The van der Waals surface area contributed by atoms with Crippen LogP contribution in [-0.4, -0.2) is 42.6 Å². The smallest absolute Gasteiger partial charge is 0.321 e. The fraction of sp³-hybridized carbons (Fsp3) is 0.357. The highest BCUT2D eigenvalue weighted by molar-refractivity contribution is 5.98. The first-order valence-electron chi connectivity index (χ1n) is 6.51. The maximum atomic E-state index is 12.0. The van der Waals surface area contributed by atoms with E-state index in [1.807, 2.05) is 6.07 Å². The van der Waals surface area contributed by atoms with Crippen LogP contribution in [0.1, 0.15) is 13.3 Å². The van der Waals surface area contributed by atoms with Crippen molar-refractivity contribution in [3.63, 3.8) is 0 Å². The molecule has 21 heavy (non-hydrogen) atoms. The third kappa shape index (κ3) is 5.13. The molecule has 1 unspecified atom stereocenters. The van der Waals surface area contributed by atoms with Crippen LogP contribution in [0.25, 0.3) is 0 Å². The molecule has 0 aliphatic carbocycles. The van der Waals surface area contributed by atoms with Crippen molar-refractivity contribution in [2.24, 2.45) is 0 Å². The van der Waals surface area contributed by atoms with Crippen LogP contribution in [0.15, 0.2) is 30.3 Å². The van der Waals surface area contributed by atoms with Crippen LogP contribution in [-0.2, 0) is 9.59 Å². The van der Waals surface area contributed by atoms with Crippen LogP contribution >= 0.6 is 0 Å². The fourth-order valence-corrected chi connectivity index (χ4v) is 1.80. The lowest BCUT2D eigenvalue weighted by Gasteiger charge is -2.29. The zero-order valence-electron chi connectivity index (χ0n) is 12.0. The molecule has 0 bridgehead atoms. The van der Waals surface area contributed by atoms with E-state index < -0.39 is 23.9 Å². The predicted molar refractivity (Wildman–Crippen MR) is 78.1 cm³/mol. The lowest BCUT2D eigenvalue weighted by atomic mass is 10.2. The van der Waals surface area contributed by atoms with Crippen molar-refractivity contribution in [2.75, 3.05) is 18.5 Å². The van der Waals surface area contributed by atoms with Gasteiger partial charge in [0.15, 0.2) is 0 Å². The lowest BCUT2D eigenvalue weighted by molar-refractivity contribution is -0.137. The Morgan fingerprint density at radius 3 is 2.38 bits per heavy atom. The standard InChI is InChI=1S/C14H19N3O4/c1-10(13(20)16-14(21)15-2)17(9-8-12(18)19)11-6-4-3-5-7-11/h3-7,10H,8-9H2,1-2H3,(H,18,19)(H2,15,16,20,21). The summed E-state index contributed by atoms with van der Waals surface area (Å²) in [5.41, 5.74) is 0.721. The Bertz CT molecular complexity index is 504. The Balaban J connectivity index is 2.87. The number of aliphatic carboxylic acids is 1. The summed E-state index contributed by atoms with van der Waals surface area (Å²) in [6.07, 6.45) is -0.105. The normalized spacial score (nSPS) is 11.3. The van der Waals surface area contributed by atoms with Gasteiger partial charge in [-0.25, -0.2) is 4.79 Å². The molecule has 0 saturated heterocycles. The minimum Gasteiger partial charge on any atom is -0.481 e. The molecule has 114 valence electrons. The zero-order valence-corrected chi connectivity index (χ0v) is 12.0. The molecule has 1 atom stereocenters. The van der Waals surface area contributed by atoms with E-state index in [4.69, 9.17) is 5.11 Å². The highest BCUT2D eigenvalue weighted by Crippen LogP contribution is 2.17. The number of amides is 3. The Morgan fingerprint density at radius 2 is 1.86 bits per heavy atom. The average molecular weight is 293 g/mol. The average Bonchev–Trinajstić information content (AvgIpc) is 2.47. The SMILES string of the molecule is CNC(=O)NC(=O)C(C)N(CCC(=O)O)c1ccccc1. The van der Waals surface area contributed by atoms with E-state index in [0.29, 0.717) is 0 Å². The Kier molecular flexibility index (Phi) is 6.19. The molecule has 0 heterocycles. The highest BCUT2D eigenvalue weighted by Gasteiger charge is 2.23. The molecule has 0 aliphatic heterocycles. The van der Waals surface area contributed by atoms with Crippen molar-refractivity contribution in [3.05, 3.63) is 30.3 Å². The maximum absolute atomic E-state index is 12.0. The molecule has 7 nitrogen and oxygen atoms in total. The Morgan fingerprint density at radius 1 is 1.24 bits per heavy atom. The summed E-state index contributed by atoms with van der Waals surface area (Å²) in [7, 11) is 1.41. The monoisotopic (exact) mass is 293 g/mol. The number of para-hydroxylation sites is 1. The van der Waals surface area contributed by atoms with E-state index in [9.17, 15) is 14.4 Å². The quantitative estimate of drug-likeness (QED) is 0.721. The van der Waals surface area contributed by atoms with E-state index in [1.165, 1.54) is 7.05 Å². The number of carboxylic acid groups (broad SMARTS) is 1. The van der Waals surface area contributed by atoms with Crippen LogP contribution in [0.5, 0.6) is 0 Å². The third-order valence-corrected chi connectivity index (χ3v) is 2.97. The predicted octanol–water partition coefficient (Wildman–Crippen LogP) is 0.812. The van der Waals surface area contributed by atoms with Gasteiger partial charge in [0, 0.05) is 19.3 Å². The van der Waals surface area contributed by atoms with Crippen LogP contribution in [0.3, 0.4) is 0 Å². The molecule has 3 N–H and O–H groups in total. The van der Waals surface area contributed by atoms with Gasteiger partial charge >= 0.3 is 12.0 Å². The summed E-state index contributed by atoms with van der Waals surface area (Å²) in [5.74, 6) is -1.45. The number of nitrogens with zero attached hydrogens (tertiary/aromatic N) is 1. The molecular weight excluding hydrogens is 274 g/mol. The summed E-state index contributed by atoms with van der Waals surface area (Å²) >= 11 is 0. The maximum Gasteiger partial charge on any atom is 0.321 e. The number of hydrogen-bond acceptors (Lipinski definition) is 4. The van der Waals surface area contributed by atoms with Gasteiger partial charge < -0.3 is 15.3 Å². The molecule has 1 rings (SSSR count). The molecule has 0 fully saturated rings. The number of imide groups is 1. The van der Waals surface area contributed by atoms with Gasteiger partial charge in [-0.05, 0) is 19.1 Å². The minimum absolute atomic E-state index is 0.105. The van der Waals surface area contributed by atoms with Crippen molar-refractivity contribution >= 4 is 23.6 Å². The number of anilines is 1. The number of nitrogens with one attached hydrogen (secondary N) is 2. The van der Waals surface area contributed by atoms with E-state index in [2.05, 4.69) is 10.6 Å². The van der Waals surface area contributed by atoms with Crippen LogP contribution in [0.2, 0.25) is 0 Å². The number of carbonyl (C=O) groups is 3. The summed E-state index contributed by atoms with van der Waals surface area (Å²) < 4.78 is 0. The largest absolute Gasteiger partial charge is 0.481 e. The molecule has 7 heteroatoms. The van der Waals surface area contributed by atoms with Gasteiger partial charge in [-0.15, -0.1) is 0 Å². The molecule has 1 aromatic rings. The highest BCUT2D eigenvalue weighted by atomic mass is 16.4. The van der Waals surface area contributed by atoms with E-state index in [-0.39, 0.29) is 13.0 Å². The number of benzene rings is 1. The van der Waals surface area contributed by atoms with Crippen LogP contribution in [0, 0.1) is 0 Å². The first-order valence-corrected chi connectivity index (χ1v) is 6.51. The Labute approximate surface area is 122 Å². The summed E-state index contributed by atoms with van der Waals surface area (Å²) in [6.45, 7) is 1.79. The van der Waals surface area contributed by atoms with Crippen LogP contribution < -0.4 is 15.5 Å². The molecule has 0 saturated carbocycles. The number of urea groups is 1. The van der Waals surface area contributed by atoms with Crippen molar-refractivity contribution in [3.8, 4) is 0 Å². The number of carboxylic acids is 1. The molecule has 1 aromatic carbocycles. The molecule has 0 radical (unpaired) electrons. The van der Waals surface area contributed by atoms with Crippen molar-refractivity contribution in [1.29, 1.82) is 0 Å². The number of carbonyl (C=O) groups excluding carboxylic acids is 2. The second-order valence-electron chi connectivity index (χ2n) is 4.42. The first kappa shape index (κ1) is 16.5. The minimum atomic E-state index is -0.949. The van der Waals surface area contributed by atoms with Crippen LogP contribution in [0.4, 0.5) is 10.5 Å². The fourth-order valence-electron chi connectivity index (χ4n) is 1.80. The van der Waals surface area contributed by atoms with Gasteiger partial charge in [-0.2, -0.15) is 0 Å². The number of hydrogen-bond donors (Lipinski definition) is 3. The zero-order chi connectivity index (χ0) is 15.8. The van der Waals surface area contributed by atoms with Gasteiger partial charge in [0.2, 0.25) is 5.91 Å². The molecule has 0 aliphatic rings. The molecular formula is C14H19N3O4. The van der Waals surface area contributed by atoms with E-state index in [1.54, 1.807) is 36.1 Å². The van der Waals surface area contributed by atoms with Gasteiger partial charge in [-0.3, -0.25) is 14.9 Å². The van der Waals surface area contributed by atoms with E-state index in [0.717, 1.165) is 5.69 Å². The molecule has 3 amide bonds. The van der Waals surface area contributed by atoms with Crippen molar-refractivity contribution in [1.82, 2.24) is 10.6 Å². The molecule has 0 aromatic heterocycles. The van der Waals surface area contributed by atoms with Gasteiger partial charge in [0.25, 0.3) is 0 Å². The van der Waals surface area contributed by atoms with Crippen molar-refractivity contribution in [2.45, 2.75) is 19.4 Å². The summed E-state index contributed by atoms with van der Waals surface area (Å²) in [5, 5.41) is 13.3. The first-order chi connectivity index (χ1) is 9.95. The summed E-state index contributed by atoms with van der Waals surface area (Å²) in [6, 6.07) is 7.71. The second-order valence-corrected chi connectivity index (χ2v) is 4.42. The molecule has 0 spiro atoms. The van der Waals surface area contributed by atoms with Gasteiger partial charge in [0.05, 0.1) is 6.42 Å². The summed E-state index contributed by atoms with van der Waals surface area (Å²) in [4.78, 5) is 35.6. The van der Waals surface area contributed by atoms with E-state index >= 15 is 0 Å². The second kappa shape index (κ2) is 7.88. The Hall–Kier alpha value is -2.57. The topological polar surface area (TPSA) is 98.7 Å². The lowest BCUT2D eigenvalue weighted by Crippen LogP contribution is -2.49. The number of rotatable bonds is 6. The van der Waals surface area contributed by atoms with Gasteiger partial charge in [-0.1, -0.05) is 18.2 Å². The third-order valence-electron chi connectivity index (χ3n) is 2.97. The van der Waals surface area contributed by atoms with Gasteiger partial charge in [0.1, 0.15) is 6.04 Å².